The number of nitrogens with one attached hydrogen (secondary N) is 2. The lowest BCUT2D eigenvalue weighted by molar-refractivity contribution is -0.121. The van der Waals surface area contributed by atoms with E-state index in [9.17, 15) is 4.79 Å². The Morgan fingerprint density at radius 1 is 1.26 bits per heavy atom. The molecule has 1 aliphatic heterocycles. The van der Waals surface area contributed by atoms with Gasteiger partial charge in [-0.2, -0.15) is 0 Å². The van der Waals surface area contributed by atoms with Gasteiger partial charge in [0.05, 0.1) is 6.42 Å². The fourth-order valence-electron chi connectivity index (χ4n) is 2.11. The standard InChI is InChI=1S/C13H16Cl2N2O.ClH/c14-11-2-1-3-12(15)10(11)8-13(18)17-9-4-6-16-7-5-9;/h1-3,9,16H,4-8H2,(H,17,18);1H. The van der Waals surface area contributed by atoms with Crippen molar-refractivity contribution in [2.45, 2.75) is 25.3 Å². The molecule has 106 valence electrons. The topological polar surface area (TPSA) is 41.1 Å². The molecule has 0 bridgehead atoms. The van der Waals surface area contributed by atoms with Gasteiger partial charge in [0.2, 0.25) is 5.91 Å². The predicted octanol–water partition coefficient (Wildman–Crippen LogP) is 2.83. The fourth-order valence-corrected chi connectivity index (χ4v) is 2.64. The highest BCUT2D eigenvalue weighted by atomic mass is 35.5. The first-order chi connectivity index (χ1) is 8.66. The van der Waals surface area contributed by atoms with E-state index in [4.69, 9.17) is 23.2 Å². The van der Waals surface area contributed by atoms with Crippen molar-refractivity contribution in [2.75, 3.05) is 13.1 Å². The van der Waals surface area contributed by atoms with Crippen LogP contribution in [0.2, 0.25) is 10.0 Å². The Morgan fingerprint density at radius 3 is 2.42 bits per heavy atom. The Bertz CT molecular complexity index is 414. The minimum absolute atomic E-state index is 0. The van der Waals surface area contributed by atoms with E-state index in [1.807, 2.05) is 0 Å². The zero-order valence-electron chi connectivity index (χ0n) is 10.4. The van der Waals surface area contributed by atoms with Gasteiger partial charge < -0.3 is 10.6 Å². The van der Waals surface area contributed by atoms with E-state index in [0.717, 1.165) is 25.9 Å². The molecule has 1 amide bonds. The van der Waals surface area contributed by atoms with Crippen LogP contribution in [0.1, 0.15) is 18.4 Å². The highest BCUT2D eigenvalue weighted by Crippen LogP contribution is 2.24. The lowest BCUT2D eigenvalue weighted by Crippen LogP contribution is -2.43. The van der Waals surface area contributed by atoms with Gasteiger partial charge in [-0.25, -0.2) is 0 Å². The first-order valence-electron chi connectivity index (χ1n) is 6.10. The Balaban J connectivity index is 0.00000180. The van der Waals surface area contributed by atoms with Gasteiger partial charge in [0.25, 0.3) is 0 Å². The quantitative estimate of drug-likeness (QED) is 0.898. The summed E-state index contributed by atoms with van der Waals surface area (Å²) in [7, 11) is 0. The molecule has 3 nitrogen and oxygen atoms in total. The predicted molar refractivity (Wildman–Crippen MR) is 81.4 cm³/mol. The van der Waals surface area contributed by atoms with Crippen molar-refractivity contribution >= 4 is 41.5 Å². The van der Waals surface area contributed by atoms with Crippen molar-refractivity contribution in [3.8, 4) is 0 Å². The van der Waals surface area contributed by atoms with E-state index < -0.39 is 0 Å². The number of piperidine rings is 1. The second kappa shape index (κ2) is 7.95. The van der Waals surface area contributed by atoms with Gasteiger partial charge >= 0.3 is 0 Å². The van der Waals surface area contributed by atoms with E-state index >= 15 is 0 Å². The van der Waals surface area contributed by atoms with Crippen molar-refractivity contribution in [1.29, 1.82) is 0 Å². The Hall–Kier alpha value is -0.480. The minimum Gasteiger partial charge on any atom is -0.353 e. The van der Waals surface area contributed by atoms with Crippen LogP contribution < -0.4 is 10.6 Å². The summed E-state index contributed by atoms with van der Waals surface area (Å²) >= 11 is 12.1. The molecule has 0 aliphatic carbocycles. The van der Waals surface area contributed by atoms with Gasteiger partial charge in [-0.1, -0.05) is 29.3 Å². The highest BCUT2D eigenvalue weighted by Gasteiger charge is 2.17. The number of hydrogen-bond donors (Lipinski definition) is 2. The van der Waals surface area contributed by atoms with Crippen molar-refractivity contribution in [1.82, 2.24) is 10.6 Å². The van der Waals surface area contributed by atoms with Crippen LogP contribution in [0.4, 0.5) is 0 Å². The number of carbonyl (C=O) groups is 1. The highest BCUT2D eigenvalue weighted by molar-refractivity contribution is 6.36. The molecule has 1 saturated heterocycles. The number of rotatable bonds is 3. The summed E-state index contributed by atoms with van der Waals surface area (Å²) in [5.41, 5.74) is 0.701. The molecule has 2 rings (SSSR count). The maximum Gasteiger partial charge on any atom is 0.224 e. The molecule has 0 unspecified atom stereocenters. The first-order valence-corrected chi connectivity index (χ1v) is 6.85. The van der Waals surface area contributed by atoms with Crippen LogP contribution in [-0.2, 0) is 11.2 Å². The molecular weight excluding hydrogens is 307 g/mol. The fraction of sp³-hybridized carbons (Fsp3) is 0.462. The molecule has 1 aromatic carbocycles. The minimum atomic E-state index is -0.0168. The van der Waals surface area contributed by atoms with Crippen molar-refractivity contribution < 1.29 is 4.79 Å². The maximum atomic E-state index is 11.9. The van der Waals surface area contributed by atoms with Gasteiger partial charge in [-0.3, -0.25) is 4.79 Å². The molecule has 0 aromatic heterocycles. The summed E-state index contributed by atoms with van der Waals surface area (Å²) in [5, 5.41) is 7.38. The molecule has 1 aromatic rings. The van der Waals surface area contributed by atoms with E-state index in [2.05, 4.69) is 10.6 Å². The maximum absolute atomic E-state index is 11.9. The van der Waals surface area contributed by atoms with Gasteiger partial charge in [0.1, 0.15) is 0 Å². The molecule has 1 fully saturated rings. The van der Waals surface area contributed by atoms with Gasteiger partial charge in [-0.15, -0.1) is 12.4 Å². The number of carbonyl (C=O) groups excluding carboxylic acids is 1. The Labute approximate surface area is 129 Å². The second-order valence-electron chi connectivity index (χ2n) is 4.47. The summed E-state index contributed by atoms with van der Waals surface area (Å²) in [6, 6.07) is 5.54. The number of amides is 1. The molecule has 0 atom stereocenters. The molecule has 6 heteroatoms. The number of benzene rings is 1. The third kappa shape index (κ3) is 4.84. The van der Waals surface area contributed by atoms with Crippen LogP contribution in [0, 0.1) is 0 Å². The van der Waals surface area contributed by atoms with Crippen LogP contribution in [0.5, 0.6) is 0 Å². The van der Waals surface area contributed by atoms with Crippen molar-refractivity contribution in [2.24, 2.45) is 0 Å². The van der Waals surface area contributed by atoms with Gasteiger partial charge in [0, 0.05) is 16.1 Å². The molecular formula is C13H17Cl3N2O. The largest absolute Gasteiger partial charge is 0.353 e. The summed E-state index contributed by atoms with van der Waals surface area (Å²) in [6.07, 6.45) is 2.19. The molecule has 0 spiro atoms. The average Bonchev–Trinajstić information content (AvgIpc) is 2.35. The van der Waals surface area contributed by atoms with E-state index in [-0.39, 0.29) is 30.8 Å². The monoisotopic (exact) mass is 322 g/mol. The second-order valence-corrected chi connectivity index (χ2v) is 5.28. The van der Waals surface area contributed by atoms with Crippen molar-refractivity contribution in [3.63, 3.8) is 0 Å². The van der Waals surface area contributed by atoms with E-state index in [1.54, 1.807) is 18.2 Å². The normalized spacial score (nSPS) is 15.7. The third-order valence-corrected chi connectivity index (χ3v) is 3.81. The molecule has 1 aliphatic rings. The van der Waals surface area contributed by atoms with Crippen LogP contribution in [-0.4, -0.2) is 25.0 Å². The Kier molecular flexibility index (Phi) is 6.94. The van der Waals surface area contributed by atoms with E-state index in [1.165, 1.54) is 0 Å². The zero-order chi connectivity index (χ0) is 13.0. The van der Waals surface area contributed by atoms with Crippen LogP contribution in [0.3, 0.4) is 0 Å². The Morgan fingerprint density at radius 2 is 1.84 bits per heavy atom. The summed E-state index contributed by atoms with van der Waals surface area (Å²) in [4.78, 5) is 11.9. The molecule has 0 saturated carbocycles. The van der Waals surface area contributed by atoms with Gasteiger partial charge in [0.15, 0.2) is 0 Å². The lowest BCUT2D eigenvalue weighted by Gasteiger charge is -2.23. The third-order valence-electron chi connectivity index (χ3n) is 3.10. The number of halogens is 3. The molecule has 2 N–H and O–H groups in total. The SMILES string of the molecule is Cl.O=C(Cc1c(Cl)cccc1Cl)NC1CCNCC1. The molecule has 19 heavy (non-hydrogen) atoms. The van der Waals surface area contributed by atoms with Crippen LogP contribution in [0.15, 0.2) is 18.2 Å². The molecule has 1 heterocycles. The summed E-state index contributed by atoms with van der Waals surface area (Å²) in [6.45, 7) is 1.91. The van der Waals surface area contributed by atoms with Crippen LogP contribution in [0.25, 0.3) is 0 Å². The smallest absolute Gasteiger partial charge is 0.224 e. The van der Waals surface area contributed by atoms with Crippen LogP contribution >= 0.6 is 35.6 Å². The van der Waals surface area contributed by atoms with Gasteiger partial charge in [-0.05, 0) is 43.6 Å². The van der Waals surface area contributed by atoms with Crippen molar-refractivity contribution in [3.05, 3.63) is 33.8 Å². The zero-order valence-corrected chi connectivity index (χ0v) is 12.7. The number of hydrogen-bond acceptors (Lipinski definition) is 2. The lowest BCUT2D eigenvalue weighted by atomic mass is 10.1. The first kappa shape index (κ1) is 16.6. The average molecular weight is 324 g/mol. The summed E-state index contributed by atoms with van der Waals surface area (Å²) in [5.74, 6) is -0.0168. The van der Waals surface area contributed by atoms with E-state index in [0.29, 0.717) is 15.6 Å². The summed E-state index contributed by atoms with van der Waals surface area (Å²) < 4.78 is 0. The molecule has 0 radical (unpaired) electrons.